The van der Waals surface area contributed by atoms with Gasteiger partial charge in [0.2, 0.25) is 5.91 Å². The maximum atomic E-state index is 12.9. The van der Waals surface area contributed by atoms with Crippen LogP contribution in [0.2, 0.25) is 0 Å². The lowest BCUT2D eigenvalue weighted by Crippen LogP contribution is -2.48. The number of likely N-dealkylation sites (tertiary alicyclic amines) is 1. The number of ether oxygens (including phenoxy) is 1. The summed E-state index contributed by atoms with van der Waals surface area (Å²) >= 11 is 0. The normalized spacial score (nSPS) is 25.8. The molecule has 2 fully saturated rings. The van der Waals surface area contributed by atoms with E-state index >= 15 is 0 Å². The minimum atomic E-state index is -4.56. The lowest BCUT2D eigenvalue weighted by Gasteiger charge is -2.39. The second-order valence-electron chi connectivity index (χ2n) is 10.3. The molecule has 1 aliphatic heterocycles. The van der Waals surface area contributed by atoms with Crippen LogP contribution in [0, 0.1) is 6.92 Å². The molecule has 11 heteroatoms. The van der Waals surface area contributed by atoms with Crippen molar-refractivity contribution >= 4 is 11.8 Å². The molecule has 0 bridgehead atoms. The molecule has 2 heterocycles. The second kappa shape index (κ2) is 12.0. The zero-order valence-corrected chi connectivity index (χ0v) is 22.1. The van der Waals surface area contributed by atoms with Crippen LogP contribution in [0.3, 0.4) is 0 Å². The van der Waals surface area contributed by atoms with Gasteiger partial charge in [0.15, 0.2) is 0 Å². The predicted octanol–water partition coefficient (Wildman–Crippen LogP) is 3.17. The van der Waals surface area contributed by atoms with Gasteiger partial charge in [0.1, 0.15) is 5.60 Å². The monoisotopic (exact) mass is 548 g/mol. The predicted molar refractivity (Wildman–Crippen MR) is 138 cm³/mol. The lowest BCUT2D eigenvalue weighted by molar-refractivity contribution is -0.137. The van der Waals surface area contributed by atoms with E-state index in [0.717, 1.165) is 36.7 Å². The van der Waals surface area contributed by atoms with Crippen molar-refractivity contribution in [1.29, 1.82) is 0 Å². The van der Waals surface area contributed by atoms with E-state index < -0.39 is 29.2 Å². The fourth-order valence-corrected chi connectivity index (χ4v) is 5.48. The Kier molecular flexibility index (Phi) is 8.93. The van der Waals surface area contributed by atoms with E-state index in [-0.39, 0.29) is 30.3 Å². The van der Waals surface area contributed by atoms with Crippen molar-refractivity contribution in [1.82, 2.24) is 20.5 Å². The first-order valence-electron chi connectivity index (χ1n) is 13.3. The molecule has 1 saturated carbocycles. The molecule has 1 aromatic heterocycles. The van der Waals surface area contributed by atoms with E-state index in [1.54, 1.807) is 0 Å². The maximum Gasteiger partial charge on any atom is 0.416 e. The number of hydrogen-bond donors (Lipinski definition) is 3. The average molecular weight is 549 g/mol. The molecule has 39 heavy (non-hydrogen) atoms. The fraction of sp³-hybridized carbons (Fsp3) is 0.536. The Morgan fingerprint density at radius 2 is 1.87 bits per heavy atom. The van der Waals surface area contributed by atoms with Crippen LogP contribution in [0.1, 0.15) is 59.9 Å². The molecule has 2 aliphatic rings. The molecule has 8 nitrogen and oxygen atoms in total. The zero-order chi connectivity index (χ0) is 28.2. The van der Waals surface area contributed by atoms with E-state index in [9.17, 15) is 27.9 Å². The maximum absolute atomic E-state index is 12.9. The molecule has 2 amide bonds. The van der Waals surface area contributed by atoms with Crippen LogP contribution in [-0.2, 0) is 21.3 Å². The molecule has 0 unspecified atom stereocenters. The van der Waals surface area contributed by atoms with Crippen molar-refractivity contribution in [3.8, 4) is 0 Å². The number of halogens is 3. The highest BCUT2D eigenvalue weighted by Gasteiger charge is 2.42. The third-order valence-corrected chi connectivity index (χ3v) is 7.55. The van der Waals surface area contributed by atoms with Gasteiger partial charge in [-0.2, -0.15) is 13.2 Å². The summed E-state index contributed by atoms with van der Waals surface area (Å²) in [4.78, 5) is 31.8. The molecular formula is C28H35F3N4O4. The molecule has 2 aromatic rings. The number of carbonyl (C=O) groups is 2. The third-order valence-electron chi connectivity index (χ3n) is 7.55. The Bertz CT molecular complexity index is 1170. The number of amides is 2. The van der Waals surface area contributed by atoms with Crippen LogP contribution in [-0.4, -0.2) is 71.2 Å². The first-order chi connectivity index (χ1) is 18.5. The van der Waals surface area contributed by atoms with E-state index in [1.165, 1.54) is 6.07 Å². The zero-order valence-electron chi connectivity index (χ0n) is 22.1. The van der Waals surface area contributed by atoms with Crippen molar-refractivity contribution in [2.24, 2.45) is 0 Å². The fourth-order valence-electron chi connectivity index (χ4n) is 5.48. The summed E-state index contributed by atoms with van der Waals surface area (Å²) in [6.07, 6.45) is -2.08. The van der Waals surface area contributed by atoms with Crippen LogP contribution < -0.4 is 10.6 Å². The molecule has 2 atom stereocenters. The van der Waals surface area contributed by atoms with E-state index in [1.807, 2.05) is 32.0 Å². The first-order valence-corrected chi connectivity index (χ1v) is 13.3. The number of carbonyl (C=O) groups excluding carboxylic acids is 2. The van der Waals surface area contributed by atoms with E-state index in [2.05, 4.69) is 20.5 Å². The van der Waals surface area contributed by atoms with Crippen molar-refractivity contribution < 1.29 is 32.6 Å². The van der Waals surface area contributed by atoms with Gasteiger partial charge in [0, 0.05) is 37.0 Å². The molecular weight excluding hydrogens is 513 g/mol. The third kappa shape index (κ3) is 7.14. The van der Waals surface area contributed by atoms with Gasteiger partial charge in [-0.1, -0.05) is 12.1 Å². The second-order valence-corrected chi connectivity index (χ2v) is 10.3. The van der Waals surface area contributed by atoms with Crippen LogP contribution in [0.15, 0.2) is 42.5 Å². The van der Waals surface area contributed by atoms with Crippen molar-refractivity contribution in [3.63, 3.8) is 0 Å². The quantitative estimate of drug-likeness (QED) is 0.468. The minimum Gasteiger partial charge on any atom is -0.384 e. The summed E-state index contributed by atoms with van der Waals surface area (Å²) in [5, 5.41) is 16.5. The van der Waals surface area contributed by atoms with Crippen LogP contribution in [0.4, 0.5) is 13.2 Å². The smallest absolute Gasteiger partial charge is 0.384 e. The number of nitrogens with one attached hydrogen (secondary N) is 2. The lowest BCUT2D eigenvalue weighted by atomic mass is 9.79. The Balaban J connectivity index is 1.30. The summed E-state index contributed by atoms with van der Waals surface area (Å²) in [6, 6.07) is 9.66. The van der Waals surface area contributed by atoms with Crippen molar-refractivity contribution in [2.45, 2.75) is 69.5 Å². The van der Waals surface area contributed by atoms with Gasteiger partial charge in [0.05, 0.1) is 29.9 Å². The Labute approximate surface area is 225 Å². The standard InChI is InChI=1S/C28H35F3N4O4/c1-3-39-23-17-35(21-10-12-27(38,13-11-21)24-9-4-6-18(2)33-24)16-22(23)34-25(36)15-32-26(37)19-7-5-8-20(14-19)28(29,30)31/h4-9,14,21-23,38H,3,10-13,15-17H2,1-2H3,(H,32,37)(H,34,36)/t21?,22-,23+,27?/m0/s1. The number of aryl methyl sites for hydroxylation is 1. The summed E-state index contributed by atoms with van der Waals surface area (Å²) < 4.78 is 44.7. The summed E-state index contributed by atoms with van der Waals surface area (Å²) in [6.45, 7) is 5.07. The molecule has 212 valence electrons. The summed E-state index contributed by atoms with van der Waals surface area (Å²) in [5.41, 5.74) is -0.484. The first kappa shape index (κ1) is 29.0. The number of aromatic nitrogens is 1. The Morgan fingerprint density at radius 1 is 1.15 bits per heavy atom. The number of aliphatic hydroxyl groups is 1. The van der Waals surface area contributed by atoms with Gasteiger partial charge in [-0.3, -0.25) is 19.5 Å². The van der Waals surface area contributed by atoms with Gasteiger partial charge in [-0.15, -0.1) is 0 Å². The minimum absolute atomic E-state index is 0.171. The van der Waals surface area contributed by atoms with Gasteiger partial charge < -0.3 is 20.5 Å². The molecule has 1 aliphatic carbocycles. The molecule has 0 spiro atoms. The summed E-state index contributed by atoms with van der Waals surface area (Å²) in [5.74, 6) is -1.21. The average Bonchev–Trinajstić information content (AvgIpc) is 3.29. The Hall–Kier alpha value is -3.02. The van der Waals surface area contributed by atoms with Gasteiger partial charge in [-0.25, -0.2) is 0 Å². The van der Waals surface area contributed by atoms with Gasteiger partial charge in [-0.05, 0) is 69.9 Å². The molecule has 0 radical (unpaired) electrons. The van der Waals surface area contributed by atoms with E-state index in [0.29, 0.717) is 38.2 Å². The van der Waals surface area contributed by atoms with Crippen LogP contribution in [0.5, 0.6) is 0 Å². The molecule has 3 N–H and O–H groups in total. The highest BCUT2D eigenvalue weighted by atomic mass is 19.4. The highest BCUT2D eigenvalue weighted by molar-refractivity contribution is 5.96. The number of rotatable bonds is 8. The number of hydrogen-bond acceptors (Lipinski definition) is 6. The van der Waals surface area contributed by atoms with Crippen molar-refractivity contribution in [2.75, 3.05) is 26.2 Å². The number of pyridine rings is 1. The number of benzene rings is 1. The molecule has 4 rings (SSSR count). The van der Waals surface area contributed by atoms with Gasteiger partial charge in [0.25, 0.3) is 5.91 Å². The number of alkyl halides is 3. The van der Waals surface area contributed by atoms with Gasteiger partial charge >= 0.3 is 6.18 Å². The largest absolute Gasteiger partial charge is 0.416 e. The topological polar surface area (TPSA) is 104 Å². The van der Waals surface area contributed by atoms with Crippen LogP contribution in [0.25, 0.3) is 0 Å². The summed E-state index contributed by atoms with van der Waals surface area (Å²) in [7, 11) is 0. The number of nitrogens with zero attached hydrogens (tertiary/aromatic N) is 2. The Morgan fingerprint density at radius 3 is 2.54 bits per heavy atom. The molecule has 1 saturated heterocycles. The SMILES string of the molecule is CCO[C@@H]1CN(C2CCC(O)(c3cccc(C)n3)CC2)C[C@@H]1NC(=O)CNC(=O)c1cccc(C(F)(F)F)c1. The van der Waals surface area contributed by atoms with Crippen molar-refractivity contribution in [3.05, 3.63) is 65.0 Å². The molecule has 1 aromatic carbocycles. The van der Waals surface area contributed by atoms with Crippen LogP contribution >= 0.6 is 0 Å². The van der Waals surface area contributed by atoms with E-state index in [4.69, 9.17) is 4.74 Å². The highest BCUT2D eigenvalue weighted by Crippen LogP contribution is 2.38.